The molecule has 0 aromatic carbocycles. The summed E-state index contributed by atoms with van der Waals surface area (Å²) < 4.78 is 0. The smallest absolute Gasteiger partial charge is 0.337 e. The summed E-state index contributed by atoms with van der Waals surface area (Å²) in [5, 5.41) is 29.1. The van der Waals surface area contributed by atoms with Gasteiger partial charge in [0.1, 0.15) is 11.8 Å². The van der Waals surface area contributed by atoms with E-state index in [1.165, 1.54) is 12.1 Å². The minimum atomic E-state index is -2.08. The quantitative estimate of drug-likeness (QED) is 0.724. The van der Waals surface area contributed by atoms with Crippen LogP contribution in [0.25, 0.3) is 0 Å². The molecule has 0 fully saturated rings. The van der Waals surface area contributed by atoms with E-state index >= 15 is 0 Å². The van der Waals surface area contributed by atoms with Crippen LogP contribution in [0, 0.1) is 11.3 Å². The molecule has 0 saturated heterocycles. The molecule has 1 heterocycles. The highest BCUT2D eigenvalue weighted by Crippen LogP contribution is 2.13. The van der Waals surface area contributed by atoms with Gasteiger partial charge in [-0.15, -0.1) is 0 Å². The summed E-state index contributed by atoms with van der Waals surface area (Å²) in [7, 11) is 0. The second-order valence-corrected chi connectivity index (χ2v) is 4.31. The van der Waals surface area contributed by atoms with Crippen molar-refractivity contribution in [2.45, 2.75) is 12.5 Å². The molecule has 7 nitrogen and oxygen atoms in total. The number of halogens is 1. The Labute approximate surface area is 113 Å². The number of carboxylic acids is 1. The largest absolute Gasteiger partial charge is 0.479 e. The van der Waals surface area contributed by atoms with Crippen LogP contribution in [0.1, 0.15) is 23.1 Å². The Morgan fingerprint density at radius 2 is 2.21 bits per heavy atom. The Bertz CT molecular complexity index is 566. The molecule has 0 aliphatic carbocycles. The Kier molecular flexibility index (Phi) is 4.43. The van der Waals surface area contributed by atoms with Crippen LogP contribution in [0.2, 0.25) is 5.02 Å². The van der Waals surface area contributed by atoms with Crippen LogP contribution >= 0.6 is 11.6 Å². The van der Waals surface area contributed by atoms with Crippen LogP contribution in [0.4, 0.5) is 0 Å². The van der Waals surface area contributed by atoms with E-state index in [1.807, 2.05) is 0 Å². The molecule has 0 aliphatic heterocycles. The zero-order valence-electron chi connectivity index (χ0n) is 9.85. The molecule has 1 amide bonds. The van der Waals surface area contributed by atoms with E-state index in [4.69, 9.17) is 22.0 Å². The maximum atomic E-state index is 11.7. The van der Waals surface area contributed by atoms with Crippen molar-refractivity contribution in [1.82, 2.24) is 10.3 Å². The zero-order valence-corrected chi connectivity index (χ0v) is 10.6. The van der Waals surface area contributed by atoms with E-state index in [1.54, 1.807) is 6.07 Å². The first-order valence-corrected chi connectivity index (χ1v) is 5.46. The molecule has 0 radical (unpaired) electrons. The number of carboxylic acid groups (broad SMARTS) is 1. The number of hydrogen-bond donors (Lipinski definition) is 3. The second-order valence-electron chi connectivity index (χ2n) is 3.90. The standard InChI is InChI=1S/C11H10ClN3O4/c1-11(19,10(17)18)5-14-9(16)7-3-2-6(12)8(4-13)15-7/h2-3,19H,5H2,1H3,(H,14,16)(H,17,18). The Balaban J connectivity index is 2.80. The monoisotopic (exact) mass is 283 g/mol. The number of aromatic nitrogens is 1. The van der Waals surface area contributed by atoms with Gasteiger partial charge in [0, 0.05) is 0 Å². The summed E-state index contributed by atoms with van der Waals surface area (Å²) in [6.45, 7) is 0.555. The molecule has 3 N–H and O–H groups in total. The Morgan fingerprint density at radius 3 is 2.74 bits per heavy atom. The minimum absolute atomic E-state index is 0.0952. The number of pyridine rings is 1. The van der Waals surface area contributed by atoms with Gasteiger partial charge in [0.15, 0.2) is 11.3 Å². The van der Waals surface area contributed by atoms with E-state index in [0.29, 0.717) is 0 Å². The van der Waals surface area contributed by atoms with Gasteiger partial charge in [0.25, 0.3) is 5.91 Å². The number of nitrogens with zero attached hydrogens (tertiary/aromatic N) is 2. The van der Waals surface area contributed by atoms with E-state index in [2.05, 4.69) is 10.3 Å². The first kappa shape index (κ1) is 14.9. The van der Waals surface area contributed by atoms with E-state index in [0.717, 1.165) is 6.92 Å². The molecule has 1 atom stereocenters. The molecule has 8 heteroatoms. The van der Waals surface area contributed by atoms with Gasteiger partial charge in [-0.2, -0.15) is 5.26 Å². The number of hydrogen-bond acceptors (Lipinski definition) is 5. The van der Waals surface area contributed by atoms with Crippen molar-refractivity contribution in [1.29, 1.82) is 5.26 Å². The van der Waals surface area contributed by atoms with Crippen molar-refractivity contribution in [2.24, 2.45) is 0 Å². The first-order valence-electron chi connectivity index (χ1n) is 5.08. The fourth-order valence-corrected chi connectivity index (χ4v) is 1.21. The van der Waals surface area contributed by atoms with E-state index in [9.17, 15) is 14.7 Å². The van der Waals surface area contributed by atoms with Crippen molar-refractivity contribution < 1.29 is 19.8 Å². The number of nitriles is 1. The lowest BCUT2D eigenvalue weighted by atomic mass is 10.1. The second kappa shape index (κ2) is 5.65. The van der Waals surface area contributed by atoms with Crippen molar-refractivity contribution in [3.8, 4) is 6.07 Å². The molecule has 1 rings (SSSR count). The maximum absolute atomic E-state index is 11.7. The highest BCUT2D eigenvalue weighted by molar-refractivity contribution is 6.31. The summed E-state index contributed by atoms with van der Waals surface area (Å²) in [5.41, 5.74) is -2.29. The summed E-state index contributed by atoms with van der Waals surface area (Å²) >= 11 is 5.66. The molecule has 19 heavy (non-hydrogen) atoms. The third-order valence-corrected chi connectivity index (χ3v) is 2.54. The summed E-state index contributed by atoms with van der Waals surface area (Å²) in [5.74, 6) is -2.18. The van der Waals surface area contributed by atoms with Crippen molar-refractivity contribution in [3.63, 3.8) is 0 Å². The molecular formula is C11H10ClN3O4. The molecule has 100 valence electrons. The van der Waals surface area contributed by atoms with Crippen LogP contribution < -0.4 is 5.32 Å². The van der Waals surface area contributed by atoms with Gasteiger partial charge < -0.3 is 15.5 Å². The SMILES string of the molecule is CC(O)(CNC(=O)c1ccc(Cl)c(C#N)n1)C(=O)O. The number of aliphatic carboxylic acids is 1. The number of carbonyl (C=O) groups excluding carboxylic acids is 1. The normalized spacial score (nSPS) is 13.2. The Hall–Kier alpha value is -2.17. The lowest BCUT2D eigenvalue weighted by molar-refractivity contribution is -0.155. The summed E-state index contributed by atoms with van der Waals surface area (Å²) in [6.07, 6.45) is 0. The van der Waals surface area contributed by atoms with E-state index in [-0.39, 0.29) is 16.4 Å². The molecule has 0 bridgehead atoms. The predicted octanol–water partition coefficient (Wildman–Crippen LogP) is 0.172. The number of carbonyl (C=O) groups is 2. The highest BCUT2D eigenvalue weighted by atomic mass is 35.5. The third-order valence-electron chi connectivity index (χ3n) is 2.24. The minimum Gasteiger partial charge on any atom is -0.479 e. The molecule has 0 spiro atoms. The van der Waals surface area contributed by atoms with Gasteiger partial charge >= 0.3 is 5.97 Å². The van der Waals surface area contributed by atoms with Crippen LogP contribution in [-0.2, 0) is 4.79 Å². The van der Waals surface area contributed by atoms with Crippen molar-refractivity contribution >= 4 is 23.5 Å². The van der Waals surface area contributed by atoms with E-state index < -0.39 is 24.0 Å². The lowest BCUT2D eigenvalue weighted by Crippen LogP contribution is -2.46. The number of rotatable bonds is 4. The number of amides is 1. The average molecular weight is 284 g/mol. The third kappa shape index (κ3) is 3.64. The van der Waals surface area contributed by atoms with Gasteiger partial charge in [0.05, 0.1) is 11.6 Å². The highest BCUT2D eigenvalue weighted by Gasteiger charge is 2.30. The topological polar surface area (TPSA) is 123 Å². The van der Waals surface area contributed by atoms with Crippen LogP contribution in [-0.4, -0.2) is 39.2 Å². The van der Waals surface area contributed by atoms with Gasteiger partial charge in [-0.05, 0) is 19.1 Å². The van der Waals surface area contributed by atoms with Gasteiger partial charge in [-0.1, -0.05) is 11.6 Å². The Morgan fingerprint density at radius 1 is 1.58 bits per heavy atom. The molecule has 1 unspecified atom stereocenters. The summed E-state index contributed by atoms with van der Waals surface area (Å²) in [4.78, 5) is 26.0. The fraction of sp³-hybridized carbons (Fsp3) is 0.273. The van der Waals surface area contributed by atoms with Gasteiger partial charge in [-0.25, -0.2) is 9.78 Å². The average Bonchev–Trinajstić information content (AvgIpc) is 2.36. The van der Waals surface area contributed by atoms with Gasteiger partial charge in [-0.3, -0.25) is 4.79 Å². The van der Waals surface area contributed by atoms with Crippen LogP contribution in [0.15, 0.2) is 12.1 Å². The number of nitrogens with one attached hydrogen (secondary N) is 1. The molecule has 0 aliphatic rings. The first-order chi connectivity index (χ1) is 8.77. The molecular weight excluding hydrogens is 274 g/mol. The summed E-state index contributed by atoms with van der Waals surface area (Å²) in [6, 6.07) is 4.33. The predicted molar refractivity (Wildman–Crippen MR) is 64.6 cm³/mol. The molecule has 0 saturated carbocycles. The van der Waals surface area contributed by atoms with Crippen LogP contribution in [0.3, 0.4) is 0 Å². The van der Waals surface area contributed by atoms with Crippen molar-refractivity contribution in [2.75, 3.05) is 6.54 Å². The lowest BCUT2D eigenvalue weighted by Gasteiger charge is -2.18. The fourth-order valence-electron chi connectivity index (χ4n) is 1.07. The van der Waals surface area contributed by atoms with Crippen LogP contribution in [0.5, 0.6) is 0 Å². The maximum Gasteiger partial charge on any atom is 0.337 e. The molecule has 1 aromatic rings. The van der Waals surface area contributed by atoms with Crippen molar-refractivity contribution in [3.05, 3.63) is 28.5 Å². The number of aliphatic hydroxyl groups is 1. The van der Waals surface area contributed by atoms with Gasteiger partial charge in [0.2, 0.25) is 0 Å². The molecule has 1 aromatic heterocycles. The zero-order chi connectivity index (χ0) is 14.6.